The van der Waals surface area contributed by atoms with Crippen molar-refractivity contribution in [2.45, 2.75) is 46.0 Å². The van der Waals surface area contributed by atoms with Gasteiger partial charge in [-0.2, -0.15) is 0 Å². The smallest absolute Gasteiger partial charge is 0.157 e. The number of hydrogen-bond acceptors (Lipinski definition) is 2. The van der Waals surface area contributed by atoms with E-state index in [1.54, 1.807) is 0 Å². The maximum Gasteiger partial charge on any atom is 0.157 e. The zero-order chi connectivity index (χ0) is 11.8. The Morgan fingerprint density at radius 1 is 1.12 bits per heavy atom. The molecule has 90 valence electrons. The predicted octanol–water partition coefficient (Wildman–Crippen LogP) is 3.41. The van der Waals surface area contributed by atoms with E-state index < -0.39 is 0 Å². The normalized spacial score (nSPS) is 14.7. The molecule has 0 unspecified atom stereocenters. The second kappa shape index (κ2) is 7.42. The lowest BCUT2D eigenvalue weighted by Crippen LogP contribution is -2.23. The fraction of sp³-hybridized carbons (Fsp3) is 0.571. The molecule has 0 N–H and O–H groups in total. The van der Waals surface area contributed by atoms with Crippen LogP contribution in [0.5, 0.6) is 0 Å². The first-order valence-corrected chi connectivity index (χ1v) is 6.07. The summed E-state index contributed by atoms with van der Waals surface area (Å²) in [5.41, 5.74) is 1.31. The van der Waals surface area contributed by atoms with Gasteiger partial charge < -0.3 is 9.47 Å². The third-order valence-corrected chi connectivity index (χ3v) is 2.44. The summed E-state index contributed by atoms with van der Waals surface area (Å²) in [5.74, 6) is 0. The van der Waals surface area contributed by atoms with Crippen LogP contribution in [-0.4, -0.2) is 19.0 Å². The van der Waals surface area contributed by atoms with Crippen molar-refractivity contribution in [3.05, 3.63) is 35.9 Å². The molecule has 0 saturated heterocycles. The molecule has 1 rings (SSSR count). The van der Waals surface area contributed by atoms with E-state index in [9.17, 15) is 0 Å². The molecular formula is C14H22O2. The number of hydrogen-bond donors (Lipinski definition) is 0. The molecule has 0 saturated carbocycles. The average Bonchev–Trinajstić information content (AvgIpc) is 2.29. The SMILES string of the molecule is CCO[C@H](CC)O[C@@H](C)Cc1ccccc1. The van der Waals surface area contributed by atoms with Gasteiger partial charge in [0.2, 0.25) is 0 Å². The van der Waals surface area contributed by atoms with Crippen molar-refractivity contribution < 1.29 is 9.47 Å². The summed E-state index contributed by atoms with van der Waals surface area (Å²) in [6.45, 7) is 6.87. The van der Waals surface area contributed by atoms with Crippen LogP contribution in [0, 0.1) is 0 Å². The molecule has 0 aliphatic carbocycles. The van der Waals surface area contributed by atoms with Gasteiger partial charge in [0.15, 0.2) is 6.29 Å². The van der Waals surface area contributed by atoms with Crippen LogP contribution >= 0.6 is 0 Å². The maximum atomic E-state index is 5.82. The molecule has 0 amide bonds. The van der Waals surface area contributed by atoms with E-state index in [4.69, 9.17) is 9.47 Å². The number of ether oxygens (including phenoxy) is 2. The number of rotatable bonds is 7. The minimum atomic E-state index is -0.0660. The number of benzene rings is 1. The minimum Gasteiger partial charge on any atom is -0.353 e. The van der Waals surface area contributed by atoms with Crippen molar-refractivity contribution in [3.63, 3.8) is 0 Å². The molecule has 0 aliphatic rings. The highest BCUT2D eigenvalue weighted by atomic mass is 16.7. The molecule has 1 aromatic rings. The van der Waals surface area contributed by atoms with Gasteiger partial charge in [-0.1, -0.05) is 37.3 Å². The van der Waals surface area contributed by atoms with Gasteiger partial charge in [-0.3, -0.25) is 0 Å². The van der Waals surface area contributed by atoms with Crippen molar-refractivity contribution in [1.82, 2.24) is 0 Å². The average molecular weight is 222 g/mol. The molecule has 0 spiro atoms. The van der Waals surface area contributed by atoms with E-state index in [0.717, 1.165) is 12.8 Å². The van der Waals surface area contributed by atoms with Crippen molar-refractivity contribution >= 4 is 0 Å². The molecule has 0 heterocycles. The molecule has 0 fully saturated rings. The van der Waals surface area contributed by atoms with Gasteiger partial charge in [0.05, 0.1) is 6.10 Å². The molecule has 0 radical (unpaired) electrons. The lowest BCUT2D eigenvalue weighted by Gasteiger charge is -2.21. The molecule has 2 nitrogen and oxygen atoms in total. The summed E-state index contributed by atoms with van der Waals surface area (Å²) >= 11 is 0. The third-order valence-electron chi connectivity index (χ3n) is 2.44. The zero-order valence-electron chi connectivity index (χ0n) is 10.5. The lowest BCUT2D eigenvalue weighted by molar-refractivity contribution is -0.164. The van der Waals surface area contributed by atoms with Crippen LogP contribution in [0.2, 0.25) is 0 Å². The Hall–Kier alpha value is -0.860. The fourth-order valence-electron chi connectivity index (χ4n) is 1.69. The minimum absolute atomic E-state index is 0.0660. The van der Waals surface area contributed by atoms with E-state index in [-0.39, 0.29) is 12.4 Å². The van der Waals surface area contributed by atoms with Gasteiger partial charge in [0.1, 0.15) is 0 Å². The predicted molar refractivity (Wildman–Crippen MR) is 66.4 cm³/mol. The van der Waals surface area contributed by atoms with Gasteiger partial charge in [-0.25, -0.2) is 0 Å². The highest BCUT2D eigenvalue weighted by Gasteiger charge is 2.11. The Kier molecular flexibility index (Phi) is 6.12. The molecular weight excluding hydrogens is 200 g/mol. The first-order chi connectivity index (χ1) is 7.76. The summed E-state index contributed by atoms with van der Waals surface area (Å²) in [5, 5.41) is 0. The lowest BCUT2D eigenvalue weighted by atomic mass is 10.1. The van der Waals surface area contributed by atoms with Gasteiger partial charge in [0, 0.05) is 6.61 Å². The summed E-state index contributed by atoms with van der Waals surface area (Å²) in [6.07, 6.45) is 1.96. The Labute approximate surface area is 98.6 Å². The third kappa shape index (κ3) is 4.77. The van der Waals surface area contributed by atoms with E-state index in [2.05, 4.69) is 38.1 Å². The van der Waals surface area contributed by atoms with Crippen LogP contribution in [0.1, 0.15) is 32.8 Å². The largest absolute Gasteiger partial charge is 0.353 e. The Bertz CT molecular complexity index is 271. The Morgan fingerprint density at radius 2 is 1.81 bits per heavy atom. The molecule has 0 bridgehead atoms. The van der Waals surface area contributed by atoms with Crippen LogP contribution in [0.3, 0.4) is 0 Å². The van der Waals surface area contributed by atoms with Crippen LogP contribution in [-0.2, 0) is 15.9 Å². The first-order valence-electron chi connectivity index (χ1n) is 6.07. The monoisotopic (exact) mass is 222 g/mol. The molecule has 0 aliphatic heterocycles. The van der Waals surface area contributed by atoms with Crippen LogP contribution in [0.25, 0.3) is 0 Å². The van der Waals surface area contributed by atoms with E-state index in [1.165, 1.54) is 5.56 Å². The molecule has 2 heteroatoms. The van der Waals surface area contributed by atoms with Crippen LogP contribution in [0.15, 0.2) is 30.3 Å². The quantitative estimate of drug-likeness (QED) is 0.658. The highest BCUT2D eigenvalue weighted by Crippen LogP contribution is 2.10. The standard InChI is InChI=1S/C14H22O2/c1-4-14(15-5-2)16-12(3)11-13-9-7-6-8-10-13/h6-10,12,14H,4-5,11H2,1-3H3/t12-,14-/m0/s1. The fourth-order valence-corrected chi connectivity index (χ4v) is 1.69. The first kappa shape index (κ1) is 13.2. The van der Waals surface area contributed by atoms with Crippen molar-refractivity contribution in [2.24, 2.45) is 0 Å². The van der Waals surface area contributed by atoms with E-state index in [0.29, 0.717) is 6.61 Å². The van der Waals surface area contributed by atoms with Crippen LogP contribution < -0.4 is 0 Å². The summed E-state index contributed by atoms with van der Waals surface area (Å²) in [7, 11) is 0. The summed E-state index contributed by atoms with van der Waals surface area (Å²) < 4.78 is 11.3. The van der Waals surface area contributed by atoms with Gasteiger partial charge in [0.25, 0.3) is 0 Å². The van der Waals surface area contributed by atoms with Crippen molar-refractivity contribution in [2.75, 3.05) is 6.61 Å². The Morgan fingerprint density at radius 3 is 2.38 bits per heavy atom. The van der Waals surface area contributed by atoms with Crippen molar-refractivity contribution in [1.29, 1.82) is 0 Å². The molecule has 1 aromatic carbocycles. The molecule has 0 aromatic heterocycles. The summed E-state index contributed by atoms with van der Waals surface area (Å²) in [6, 6.07) is 10.4. The maximum absolute atomic E-state index is 5.82. The molecule has 2 atom stereocenters. The molecule has 16 heavy (non-hydrogen) atoms. The van der Waals surface area contributed by atoms with Gasteiger partial charge in [-0.05, 0) is 32.3 Å². The summed E-state index contributed by atoms with van der Waals surface area (Å²) in [4.78, 5) is 0. The van der Waals surface area contributed by atoms with E-state index in [1.807, 2.05) is 13.0 Å². The van der Waals surface area contributed by atoms with Crippen molar-refractivity contribution in [3.8, 4) is 0 Å². The Balaban J connectivity index is 2.37. The highest BCUT2D eigenvalue weighted by molar-refractivity contribution is 5.15. The van der Waals surface area contributed by atoms with Gasteiger partial charge in [-0.15, -0.1) is 0 Å². The second-order valence-corrected chi connectivity index (χ2v) is 3.93. The van der Waals surface area contributed by atoms with E-state index >= 15 is 0 Å². The topological polar surface area (TPSA) is 18.5 Å². The zero-order valence-corrected chi connectivity index (χ0v) is 10.5. The van der Waals surface area contributed by atoms with Gasteiger partial charge >= 0.3 is 0 Å². The van der Waals surface area contributed by atoms with Crippen LogP contribution in [0.4, 0.5) is 0 Å². The second-order valence-electron chi connectivity index (χ2n) is 3.93.